The third-order valence-electron chi connectivity index (χ3n) is 3.50. The maximum absolute atomic E-state index is 12.5. The van der Waals surface area contributed by atoms with E-state index < -0.39 is 10.2 Å². The van der Waals surface area contributed by atoms with Gasteiger partial charge in [-0.05, 0) is 26.7 Å². The molecule has 0 radical (unpaired) electrons. The van der Waals surface area contributed by atoms with Crippen LogP contribution in [0.2, 0.25) is 0 Å². The molecule has 2 saturated heterocycles. The van der Waals surface area contributed by atoms with E-state index in [-0.39, 0.29) is 5.54 Å². The average molecular weight is 261 g/mol. The van der Waals surface area contributed by atoms with Gasteiger partial charge in [-0.1, -0.05) is 6.42 Å². The van der Waals surface area contributed by atoms with E-state index in [1.54, 1.807) is 8.61 Å². The Morgan fingerprint density at radius 2 is 1.65 bits per heavy atom. The monoisotopic (exact) mass is 261 g/mol. The largest absolute Gasteiger partial charge is 0.309 e. The third kappa shape index (κ3) is 2.99. The van der Waals surface area contributed by atoms with Crippen molar-refractivity contribution in [2.24, 2.45) is 0 Å². The summed E-state index contributed by atoms with van der Waals surface area (Å²) in [7, 11) is -3.23. The predicted octanol–water partition coefficient (Wildman–Crippen LogP) is 0.401. The van der Waals surface area contributed by atoms with Crippen molar-refractivity contribution in [3.63, 3.8) is 0 Å². The highest BCUT2D eigenvalue weighted by Crippen LogP contribution is 2.20. The lowest BCUT2D eigenvalue weighted by molar-refractivity contribution is 0.214. The fourth-order valence-corrected chi connectivity index (χ4v) is 4.40. The first-order valence-corrected chi connectivity index (χ1v) is 7.82. The number of piperidine rings is 1. The number of nitrogens with one attached hydrogen (secondary N) is 1. The normalized spacial score (nSPS) is 28.1. The van der Waals surface area contributed by atoms with Gasteiger partial charge in [0.1, 0.15) is 0 Å². The molecule has 17 heavy (non-hydrogen) atoms. The second-order valence-electron chi connectivity index (χ2n) is 5.61. The van der Waals surface area contributed by atoms with E-state index in [4.69, 9.17) is 0 Å². The molecule has 0 amide bonds. The van der Waals surface area contributed by atoms with Crippen LogP contribution in [0.5, 0.6) is 0 Å². The molecule has 1 N–H and O–H groups in total. The Bertz CT molecular complexity index is 361. The molecule has 6 heteroatoms. The van der Waals surface area contributed by atoms with Crippen LogP contribution in [0.3, 0.4) is 0 Å². The molecule has 5 nitrogen and oxygen atoms in total. The van der Waals surface area contributed by atoms with Gasteiger partial charge in [-0.3, -0.25) is 0 Å². The maximum atomic E-state index is 12.5. The summed E-state index contributed by atoms with van der Waals surface area (Å²) in [6.45, 7) is 7.35. The molecule has 0 aliphatic carbocycles. The fraction of sp³-hybridized carbons (Fsp3) is 1.00. The van der Waals surface area contributed by atoms with Crippen LogP contribution in [0.25, 0.3) is 0 Å². The van der Waals surface area contributed by atoms with Gasteiger partial charge >= 0.3 is 0 Å². The Balaban J connectivity index is 2.09. The van der Waals surface area contributed by atoms with Gasteiger partial charge in [0.2, 0.25) is 0 Å². The summed E-state index contributed by atoms with van der Waals surface area (Å²) in [5.41, 5.74) is -0.124. The molecule has 100 valence electrons. The summed E-state index contributed by atoms with van der Waals surface area (Å²) in [5.74, 6) is 0. The molecule has 0 atom stereocenters. The zero-order valence-electron chi connectivity index (χ0n) is 10.8. The minimum absolute atomic E-state index is 0.124. The lowest BCUT2D eigenvalue weighted by Crippen LogP contribution is -2.60. The molecule has 2 aliphatic heterocycles. The Labute approximate surface area is 104 Å². The van der Waals surface area contributed by atoms with Crippen molar-refractivity contribution in [1.82, 2.24) is 13.9 Å². The first-order valence-electron chi connectivity index (χ1n) is 6.42. The van der Waals surface area contributed by atoms with E-state index in [0.717, 1.165) is 25.8 Å². The molecular weight excluding hydrogens is 238 g/mol. The second-order valence-corrected chi connectivity index (χ2v) is 7.54. The SMILES string of the molecule is CC1(C)CN(S(=O)(=O)N2CCCCC2)CCN1. The molecule has 2 aliphatic rings. The van der Waals surface area contributed by atoms with Gasteiger partial charge in [0.25, 0.3) is 10.2 Å². The molecule has 0 spiro atoms. The molecule has 2 fully saturated rings. The maximum Gasteiger partial charge on any atom is 0.282 e. The van der Waals surface area contributed by atoms with Gasteiger partial charge in [-0.2, -0.15) is 17.0 Å². The average Bonchev–Trinajstić information content (AvgIpc) is 2.29. The van der Waals surface area contributed by atoms with Crippen LogP contribution >= 0.6 is 0 Å². The summed E-state index contributed by atoms with van der Waals surface area (Å²) in [5, 5.41) is 3.34. The highest BCUT2D eigenvalue weighted by molar-refractivity contribution is 7.86. The van der Waals surface area contributed by atoms with Crippen molar-refractivity contribution in [2.45, 2.75) is 38.6 Å². The van der Waals surface area contributed by atoms with Gasteiger partial charge in [0.05, 0.1) is 0 Å². The van der Waals surface area contributed by atoms with Gasteiger partial charge in [0.15, 0.2) is 0 Å². The summed E-state index contributed by atoms with van der Waals surface area (Å²) in [4.78, 5) is 0. The van der Waals surface area contributed by atoms with Crippen LogP contribution in [0.1, 0.15) is 33.1 Å². The predicted molar refractivity (Wildman–Crippen MR) is 68.0 cm³/mol. The van der Waals surface area contributed by atoms with Crippen LogP contribution in [0, 0.1) is 0 Å². The lowest BCUT2D eigenvalue weighted by Gasteiger charge is -2.40. The van der Waals surface area contributed by atoms with Gasteiger partial charge in [0, 0.05) is 38.3 Å². The van der Waals surface area contributed by atoms with Crippen molar-refractivity contribution in [3.8, 4) is 0 Å². The van der Waals surface area contributed by atoms with E-state index in [2.05, 4.69) is 5.32 Å². The molecular formula is C11H23N3O2S. The summed E-state index contributed by atoms with van der Waals surface area (Å²) in [6.07, 6.45) is 3.14. The number of nitrogens with zero attached hydrogens (tertiary/aromatic N) is 2. The van der Waals surface area contributed by atoms with Crippen molar-refractivity contribution >= 4 is 10.2 Å². The Morgan fingerprint density at radius 1 is 1.00 bits per heavy atom. The minimum atomic E-state index is -3.23. The van der Waals surface area contributed by atoms with Crippen molar-refractivity contribution < 1.29 is 8.42 Å². The quantitative estimate of drug-likeness (QED) is 0.783. The van der Waals surface area contributed by atoms with Crippen LogP contribution in [0.15, 0.2) is 0 Å². The van der Waals surface area contributed by atoms with Crippen molar-refractivity contribution in [2.75, 3.05) is 32.7 Å². The molecule has 0 saturated carbocycles. The highest BCUT2D eigenvalue weighted by atomic mass is 32.2. The summed E-state index contributed by atoms with van der Waals surface area (Å²) in [6, 6.07) is 0. The van der Waals surface area contributed by atoms with E-state index in [1.165, 1.54) is 0 Å². The fourth-order valence-electron chi connectivity index (χ4n) is 2.55. The highest BCUT2D eigenvalue weighted by Gasteiger charge is 2.36. The Kier molecular flexibility index (Phi) is 3.77. The van der Waals surface area contributed by atoms with E-state index in [1.807, 2.05) is 13.8 Å². The Hall–Kier alpha value is -0.170. The Morgan fingerprint density at radius 3 is 2.24 bits per heavy atom. The van der Waals surface area contributed by atoms with Gasteiger partial charge in [-0.25, -0.2) is 0 Å². The molecule has 0 unspecified atom stereocenters. The summed E-state index contributed by atoms with van der Waals surface area (Å²) >= 11 is 0. The number of hydrogen-bond acceptors (Lipinski definition) is 3. The van der Waals surface area contributed by atoms with Crippen LogP contribution in [0.4, 0.5) is 0 Å². The van der Waals surface area contributed by atoms with Crippen LogP contribution in [-0.4, -0.2) is 55.3 Å². The van der Waals surface area contributed by atoms with Crippen molar-refractivity contribution in [3.05, 3.63) is 0 Å². The minimum Gasteiger partial charge on any atom is -0.309 e. The van der Waals surface area contributed by atoms with E-state index in [0.29, 0.717) is 26.2 Å². The van der Waals surface area contributed by atoms with Crippen molar-refractivity contribution in [1.29, 1.82) is 0 Å². The number of hydrogen-bond donors (Lipinski definition) is 1. The first kappa shape index (κ1) is 13.3. The first-order chi connectivity index (χ1) is 7.92. The molecule has 0 aromatic carbocycles. The zero-order chi connectivity index (χ0) is 12.5. The second kappa shape index (κ2) is 4.84. The molecule has 2 heterocycles. The number of rotatable bonds is 2. The van der Waals surface area contributed by atoms with E-state index >= 15 is 0 Å². The van der Waals surface area contributed by atoms with Crippen LogP contribution < -0.4 is 5.32 Å². The van der Waals surface area contributed by atoms with Crippen LogP contribution in [-0.2, 0) is 10.2 Å². The number of piperazine rings is 1. The molecule has 2 rings (SSSR count). The molecule has 0 aromatic heterocycles. The topological polar surface area (TPSA) is 52.7 Å². The third-order valence-corrected chi connectivity index (χ3v) is 5.49. The van der Waals surface area contributed by atoms with Gasteiger partial charge in [-0.15, -0.1) is 0 Å². The summed E-state index contributed by atoms with van der Waals surface area (Å²) < 4.78 is 28.2. The molecule has 0 bridgehead atoms. The zero-order valence-corrected chi connectivity index (χ0v) is 11.6. The lowest BCUT2D eigenvalue weighted by atomic mass is 10.0. The van der Waals surface area contributed by atoms with Gasteiger partial charge < -0.3 is 5.32 Å². The van der Waals surface area contributed by atoms with E-state index in [9.17, 15) is 8.42 Å². The smallest absolute Gasteiger partial charge is 0.282 e. The molecule has 0 aromatic rings. The standard InChI is InChI=1S/C11H23N3O2S/c1-11(2)10-14(9-6-12-11)17(15,16)13-7-4-3-5-8-13/h12H,3-10H2,1-2H3.